The van der Waals surface area contributed by atoms with E-state index in [2.05, 4.69) is 79.0 Å². The number of hydrogen-bond donors (Lipinski definition) is 5. The normalized spacial score (nSPS) is 15.1. The Balaban J connectivity index is 0.000000150. The van der Waals surface area contributed by atoms with Crippen LogP contribution in [0.1, 0.15) is 56.2 Å². The lowest BCUT2D eigenvalue weighted by Crippen LogP contribution is -2.36. The van der Waals surface area contributed by atoms with Crippen molar-refractivity contribution in [1.29, 1.82) is 0 Å². The van der Waals surface area contributed by atoms with Gasteiger partial charge in [-0.15, -0.1) is 12.4 Å². The summed E-state index contributed by atoms with van der Waals surface area (Å²) < 4.78 is 88.6. The number of fused-ring (bicyclic) bond motifs is 6. The van der Waals surface area contributed by atoms with Crippen molar-refractivity contribution in [2.45, 2.75) is 64.7 Å². The van der Waals surface area contributed by atoms with Gasteiger partial charge in [0.05, 0.1) is 61.2 Å². The fourth-order valence-corrected chi connectivity index (χ4v) is 14.2. The van der Waals surface area contributed by atoms with Crippen molar-refractivity contribution in [3.05, 3.63) is 173 Å². The Hall–Kier alpha value is -5.98. The first-order chi connectivity index (χ1) is 41.9. The molecule has 10 heterocycles. The Labute approximate surface area is 545 Å². The van der Waals surface area contributed by atoms with E-state index in [9.17, 15) is 29.6 Å². The molecule has 6 aromatic heterocycles. The third kappa shape index (κ3) is 17.0. The maximum Gasteiger partial charge on any atom is 0.224 e. The predicted molar refractivity (Wildman–Crippen MR) is 349 cm³/mol. The Morgan fingerprint density at radius 1 is 0.517 bits per heavy atom. The highest BCUT2D eigenvalue weighted by atomic mass is 35.5. The van der Waals surface area contributed by atoms with Crippen molar-refractivity contribution in [3.63, 3.8) is 0 Å². The van der Waals surface area contributed by atoms with Gasteiger partial charge in [-0.25, -0.2) is 69.5 Å². The minimum Gasteiger partial charge on any atom is -0.369 e. The summed E-state index contributed by atoms with van der Waals surface area (Å²) in [4.78, 5) is 40.2. The lowest BCUT2D eigenvalue weighted by atomic mass is 10.1. The molecule has 0 aliphatic carbocycles. The van der Waals surface area contributed by atoms with Crippen LogP contribution >= 0.6 is 70.4 Å². The fourth-order valence-electron chi connectivity index (χ4n) is 10.6. The molecule has 89 heavy (non-hydrogen) atoms. The zero-order valence-corrected chi connectivity index (χ0v) is 55.2. The molecule has 0 radical (unpaired) electrons. The van der Waals surface area contributed by atoms with Crippen LogP contribution in [0.3, 0.4) is 0 Å². The number of H-pyrrole nitrogens is 2. The molecule has 22 nitrogen and oxygen atoms in total. The maximum absolute atomic E-state index is 13.8. The van der Waals surface area contributed by atoms with Crippen LogP contribution in [-0.4, -0.2) is 146 Å². The van der Waals surface area contributed by atoms with E-state index < -0.39 is 30.1 Å². The molecule has 0 spiro atoms. The number of aromatic amines is 2. The number of anilines is 2. The predicted octanol–water partition coefficient (Wildman–Crippen LogP) is 9.27. The number of nitrogens with zero attached hydrogens (tertiary/aromatic N) is 11. The quantitative estimate of drug-likeness (QED) is 0.0562. The summed E-state index contributed by atoms with van der Waals surface area (Å²) >= 11 is 29.2. The van der Waals surface area contributed by atoms with Gasteiger partial charge in [0.1, 0.15) is 27.8 Å². The van der Waals surface area contributed by atoms with E-state index in [-0.39, 0.29) is 53.7 Å². The third-order valence-electron chi connectivity index (χ3n) is 15.1. The van der Waals surface area contributed by atoms with Crippen molar-refractivity contribution in [2.75, 3.05) is 68.7 Å². The van der Waals surface area contributed by atoms with Gasteiger partial charge in [0.25, 0.3) is 0 Å². The van der Waals surface area contributed by atoms with Crippen molar-refractivity contribution in [3.8, 4) is 11.4 Å². The molecule has 5 N–H and O–H groups in total. The highest BCUT2D eigenvalue weighted by molar-refractivity contribution is 7.88. The first-order valence-corrected chi connectivity index (χ1v) is 35.1. The standard InChI is InChI=1S/C24H24FN5O2S.C18H20ClN5O2S.C8H9Cl2N3O2S.C7H7Cl2N3.ClH/c1-33(31,32)30-12-10-20-22(15-30)28-23(16-5-4-6-18(25)13-16)29-24(20)26-11-9-17-14-27-21-8-3-2-7-19(17)21;1-27(25,26)24-9-7-14-16(11-24)22-18(19)23-17(14)20-8-6-12-10-21-15-5-3-2-4-13(12)15;1-16(14,15)13-3-2-5-6(4-13)11-8(10)12-7(5)9;8-6-4-1-2-10-3-5(4)11-7(9)12-6;/h2-8,13-14,27H,9-12,15H2,1H3,(H,26,28,29);2-5,10,21H,6-9,11H2,1H3,(H,20,22,23);2-4H2,1H3;10H,1-3H2;1H. The van der Waals surface area contributed by atoms with Gasteiger partial charge in [0.2, 0.25) is 45.9 Å². The second kappa shape index (κ2) is 29.1. The molecule has 3 aromatic carbocycles. The molecule has 472 valence electrons. The third-order valence-corrected chi connectivity index (χ3v) is 19.9. The van der Waals surface area contributed by atoms with Crippen LogP contribution in [0.5, 0.6) is 0 Å². The monoisotopic (exact) mass is 1390 g/mol. The zero-order chi connectivity index (χ0) is 62.5. The van der Waals surface area contributed by atoms with Crippen molar-refractivity contribution in [2.24, 2.45) is 0 Å². The molecule has 0 saturated heterocycles. The fraction of sp³-hybridized carbons (Fsp3) is 0.333. The van der Waals surface area contributed by atoms with Gasteiger partial charge in [-0.05, 0) is 115 Å². The zero-order valence-electron chi connectivity index (χ0n) is 48.2. The molecule has 4 aliphatic rings. The summed E-state index contributed by atoms with van der Waals surface area (Å²) in [6.45, 7) is 4.81. The van der Waals surface area contributed by atoms with Gasteiger partial charge in [-0.2, -0.15) is 12.9 Å². The number of sulfonamides is 3. The lowest BCUT2D eigenvalue weighted by molar-refractivity contribution is 0.388. The summed E-state index contributed by atoms with van der Waals surface area (Å²) in [5.41, 5.74) is 11.7. The Bertz CT molecular complexity index is 4420. The number of aromatic nitrogens is 10. The van der Waals surface area contributed by atoms with Crippen LogP contribution in [0.4, 0.5) is 16.0 Å². The number of para-hydroxylation sites is 2. The van der Waals surface area contributed by atoms with Crippen LogP contribution < -0.4 is 16.0 Å². The van der Waals surface area contributed by atoms with Gasteiger partial charge in [0, 0.05) is 101 Å². The van der Waals surface area contributed by atoms with Gasteiger partial charge >= 0.3 is 0 Å². The van der Waals surface area contributed by atoms with Crippen LogP contribution in [0.15, 0.2) is 85.2 Å². The molecular weight excluding hydrogens is 1330 g/mol. The molecule has 9 aromatic rings. The summed E-state index contributed by atoms with van der Waals surface area (Å²) in [6, 6.07) is 22.5. The van der Waals surface area contributed by atoms with Crippen LogP contribution in [0.25, 0.3) is 33.2 Å². The highest BCUT2D eigenvalue weighted by Gasteiger charge is 2.30. The summed E-state index contributed by atoms with van der Waals surface area (Å²) in [7, 11) is -9.81. The summed E-state index contributed by atoms with van der Waals surface area (Å²) in [5, 5.41) is 13.6. The molecule has 4 aliphatic heterocycles. The van der Waals surface area contributed by atoms with Crippen molar-refractivity contribution < 1.29 is 29.6 Å². The van der Waals surface area contributed by atoms with Gasteiger partial charge in [0.15, 0.2) is 5.82 Å². The highest BCUT2D eigenvalue weighted by Crippen LogP contribution is 2.31. The van der Waals surface area contributed by atoms with Crippen LogP contribution in [0.2, 0.25) is 26.2 Å². The number of halogens is 7. The van der Waals surface area contributed by atoms with E-state index in [1.54, 1.807) is 12.1 Å². The minimum atomic E-state index is -3.34. The topological polar surface area (TPSA) is 283 Å². The minimum absolute atomic E-state index is 0. The number of nitrogens with one attached hydrogen (secondary N) is 5. The molecule has 0 atom stereocenters. The largest absolute Gasteiger partial charge is 0.369 e. The SMILES string of the molecule is CS(=O)(=O)N1CCc2c(Cl)nc(Cl)nc2C1.CS(=O)(=O)N1CCc2c(nc(-c3cccc(F)c3)nc2NCCc2c[nH]c3ccccc23)C1.CS(=O)(=O)N1CCc2c(nc(Cl)nc2NCCc2c[nH]c3ccccc23)C1.Cl.Clc1nc(Cl)c2c(n1)CNCC2. The average molecular weight is 1390 g/mol. The molecule has 13 rings (SSSR count). The Morgan fingerprint density at radius 3 is 1.46 bits per heavy atom. The average Bonchev–Trinajstić information content (AvgIpc) is 1.96. The first-order valence-electron chi connectivity index (χ1n) is 27.7. The second-order valence-corrected chi connectivity index (χ2v) is 28.7. The second-order valence-electron chi connectivity index (χ2n) is 21.1. The number of rotatable bonds is 12. The van der Waals surface area contributed by atoms with E-state index in [1.807, 2.05) is 42.7 Å². The molecule has 0 unspecified atom stereocenters. The van der Waals surface area contributed by atoms with E-state index in [0.717, 1.165) is 71.3 Å². The van der Waals surface area contributed by atoms with Crippen molar-refractivity contribution >= 4 is 134 Å². The molecule has 0 amide bonds. The Kier molecular flexibility index (Phi) is 22.0. The lowest BCUT2D eigenvalue weighted by Gasteiger charge is -2.27. The number of hydrogen-bond acceptors (Lipinski definition) is 17. The van der Waals surface area contributed by atoms with Gasteiger partial charge in [-0.1, -0.05) is 71.7 Å². The van der Waals surface area contributed by atoms with E-state index in [4.69, 9.17) is 63.0 Å². The molecule has 0 bridgehead atoms. The van der Waals surface area contributed by atoms with Crippen molar-refractivity contribution in [1.82, 2.24) is 68.1 Å². The van der Waals surface area contributed by atoms with Crippen LogP contribution in [-0.2, 0) is 94.8 Å². The number of benzene rings is 3. The van der Waals surface area contributed by atoms with Gasteiger partial charge in [-0.3, -0.25) is 0 Å². The summed E-state index contributed by atoms with van der Waals surface area (Å²) in [6.07, 6.45) is 11.7. The van der Waals surface area contributed by atoms with Gasteiger partial charge < -0.3 is 25.9 Å². The smallest absolute Gasteiger partial charge is 0.224 e. The molecule has 0 saturated carbocycles. The van der Waals surface area contributed by atoms with Crippen LogP contribution in [0, 0.1) is 5.82 Å². The van der Waals surface area contributed by atoms with E-state index in [0.29, 0.717) is 102 Å². The van der Waals surface area contributed by atoms with E-state index >= 15 is 0 Å². The molecular formula is C57H61Cl6FN16O6S3. The Morgan fingerprint density at radius 2 is 0.955 bits per heavy atom. The summed E-state index contributed by atoms with van der Waals surface area (Å²) in [5.74, 6) is 1.36. The maximum atomic E-state index is 13.8. The molecule has 32 heteroatoms. The molecule has 0 fully saturated rings. The van der Waals surface area contributed by atoms with E-state index in [1.165, 1.54) is 65.7 Å². The first kappa shape index (κ1) is 67.4.